The second kappa shape index (κ2) is 9.84. The van der Waals surface area contributed by atoms with Crippen molar-refractivity contribution in [2.45, 2.75) is 19.4 Å². The summed E-state index contributed by atoms with van der Waals surface area (Å²) in [6.07, 6.45) is 2.50. The van der Waals surface area contributed by atoms with Crippen molar-refractivity contribution >= 4 is 39.1 Å². The van der Waals surface area contributed by atoms with Crippen molar-refractivity contribution in [3.05, 3.63) is 104 Å². The van der Waals surface area contributed by atoms with Crippen LogP contribution >= 0.6 is 27.3 Å². The molecule has 3 aromatic rings. The van der Waals surface area contributed by atoms with E-state index in [2.05, 4.69) is 53.0 Å². The lowest BCUT2D eigenvalue weighted by Crippen LogP contribution is -2.47. The summed E-state index contributed by atoms with van der Waals surface area (Å²) in [5.41, 5.74) is 4.03. The molecule has 2 amide bonds. The number of benzene rings is 2. The summed E-state index contributed by atoms with van der Waals surface area (Å²) in [5, 5.41) is 2.10. The molecule has 32 heavy (non-hydrogen) atoms. The average Bonchev–Trinajstić information content (AvgIpc) is 3.27. The lowest BCUT2D eigenvalue weighted by Gasteiger charge is -2.38. The molecule has 0 saturated carbocycles. The fourth-order valence-electron chi connectivity index (χ4n) is 4.25. The fourth-order valence-corrected chi connectivity index (χ4v) is 5.55. The normalized spacial score (nSPS) is 15.2. The van der Waals surface area contributed by atoms with Gasteiger partial charge >= 0.3 is 0 Å². The van der Waals surface area contributed by atoms with Crippen molar-refractivity contribution in [3.8, 4) is 0 Å². The molecule has 1 aromatic heterocycles. The van der Waals surface area contributed by atoms with Gasteiger partial charge in [-0.3, -0.25) is 9.59 Å². The molecule has 0 saturated heterocycles. The van der Waals surface area contributed by atoms with Crippen LogP contribution in [0.5, 0.6) is 0 Å². The van der Waals surface area contributed by atoms with E-state index in [0.717, 1.165) is 22.0 Å². The Labute approximate surface area is 201 Å². The number of nitrogens with zero attached hydrogens (tertiary/aromatic N) is 2. The highest BCUT2D eigenvalue weighted by atomic mass is 79.9. The maximum Gasteiger partial charge on any atom is 0.254 e. The molecule has 1 unspecified atom stereocenters. The Kier molecular flexibility index (Phi) is 6.92. The molecule has 2 aromatic carbocycles. The molecule has 1 aliphatic rings. The number of carbonyl (C=O) groups is 2. The van der Waals surface area contributed by atoms with Crippen LogP contribution < -0.4 is 0 Å². The zero-order chi connectivity index (χ0) is 22.7. The highest BCUT2D eigenvalue weighted by molar-refractivity contribution is 9.10. The van der Waals surface area contributed by atoms with Gasteiger partial charge in [-0.15, -0.1) is 17.9 Å². The van der Waals surface area contributed by atoms with E-state index >= 15 is 0 Å². The summed E-state index contributed by atoms with van der Waals surface area (Å²) in [4.78, 5) is 31.6. The third kappa shape index (κ3) is 4.57. The summed E-state index contributed by atoms with van der Waals surface area (Å²) in [7, 11) is 0. The predicted molar refractivity (Wildman–Crippen MR) is 133 cm³/mol. The van der Waals surface area contributed by atoms with Crippen molar-refractivity contribution in [2.24, 2.45) is 0 Å². The highest BCUT2D eigenvalue weighted by Gasteiger charge is 2.34. The molecule has 4 nitrogen and oxygen atoms in total. The largest absolute Gasteiger partial charge is 0.330 e. The van der Waals surface area contributed by atoms with Crippen LogP contribution in [-0.4, -0.2) is 41.2 Å². The number of carbonyl (C=O) groups excluding carboxylic acids is 2. The highest BCUT2D eigenvalue weighted by Crippen LogP contribution is 2.39. The predicted octanol–water partition coefficient (Wildman–Crippen LogP) is 5.62. The third-order valence-electron chi connectivity index (χ3n) is 5.80. The van der Waals surface area contributed by atoms with E-state index in [0.29, 0.717) is 18.7 Å². The van der Waals surface area contributed by atoms with E-state index in [1.807, 2.05) is 29.2 Å². The lowest BCUT2D eigenvalue weighted by atomic mass is 9.90. The van der Waals surface area contributed by atoms with Gasteiger partial charge in [-0.1, -0.05) is 52.3 Å². The second-order valence-electron chi connectivity index (χ2n) is 7.88. The molecule has 164 valence electrons. The molecule has 0 bridgehead atoms. The Hall–Kier alpha value is -2.70. The van der Waals surface area contributed by atoms with Gasteiger partial charge < -0.3 is 9.80 Å². The maximum absolute atomic E-state index is 13.6. The Balaban J connectivity index is 1.63. The zero-order valence-electron chi connectivity index (χ0n) is 18.0. The van der Waals surface area contributed by atoms with Gasteiger partial charge in [0, 0.05) is 28.0 Å². The molecule has 0 aliphatic carbocycles. The van der Waals surface area contributed by atoms with Crippen LogP contribution in [-0.2, 0) is 11.2 Å². The number of thiophene rings is 1. The number of aryl methyl sites for hydroxylation is 1. The van der Waals surface area contributed by atoms with Crippen LogP contribution in [0.1, 0.15) is 38.0 Å². The first-order valence-electron chi connectivity index (χ1n) is 10.6. The van der Waals surface area contributed by atoms with E-state index in [-0.39, 0.29) is 24.4 Å². The van der Waals surface area contributed by atoms with Crippen molar-refractivity contribution < 1.29 is 9.59 Å². The van der Waals surface area contributed by atoms with Crippen LogP contribution in [0.15, 0.2) is 77.1 Å². The van der Waals surface area contributed by atoms with E-state index in [9.17, 15) is 9.59 Å². The van der Waals surface area contributed by atoms with Crippen LogP contribution in [0, 0.1) is 6.92 Å². The minimum absolute atomic E-state index is 0.0131. The molecule has 0 fully saturated rings. The second-order valence-corrected chi connectivity index (χ2v) is 9.80. The quantitative estimate of drug-likeness (QED) is 0.405. The Morgan fingerprint density at radius 1 is 1.19 bits per heavy atom. The van der Waals surface area contributed by atoms with Gasteiger partial charge in [0.15, 0.2) is 0 Å². The molecule has 0 spiro atoms. The fraction of sp³-hybridized carbons (Fsp3) is 0.231. The summed E-state index contributed by atoms with van der Waals surface area (Å²) < 4.78 is 0.828. The van der Waals surface area contributed by atoms with Crippen LogP contribution in [0.3, 0.4) is 0 Å². The molecule has 2 heterocycles. The first-order valence-corrected chi connectivity index (χ1v) is 12.2. The molecule has 1 atom stereocenters. The lowest BCUT2D eigenvalue weighted by molar-refractivity contribution is -0.133. The Morgan fingerprint density at radius 3 is 2.75 bits per heavy atom. The number of halogens is 1. The standard InChI is InChI=1S/C26H25BrN2O2S/c1-3-13-28(26(31)19-8-6-9-20(27)16-19)17-24(30)29-14-11-23-22(12-15-32-23)25(29)21-10-5-4-7-18(21)2/h3-10,12,15-16,25H,1,11,13-14,17H2,2H3. The first kappa shape index (κ1) is 22.5. The average molecular weight is 509 g/mol. The minimum atomic E-state index is -0.180. The van der Waals surface area contributed by atoms with Gasteiger partial charge in [-0.2, -0.15) is 0 Å². The smallest absolute Gasteiger partial charge is 0.254 e. The number of fused-ring (bicyclic) bond motifs is 1. The monoisotopic (exact) mass is 508 g/mol. The van der Waals surface area contributed by atoms with Gasteiger partial charge in [0.05, 0.1) is 6.04 Å². The van der Waals surface area contributed by atoms with Gasteiger partial charge in [0.2, 0.25) is 5.91 Å². The number of rotatable bonds is 6. The SMILES string of the molecule is C=CCN(CC(=O)N1CCc2sccc2C1c1ccccc1C)C(=O)c1cccc(Br)c1. The zero-order valence-corrected chi connectivity index (χ0v) is 20.4. The summed E-state index contributed by atoms with van der Waals surface area (Å²) in [6, 6.07) is 17.5. The molecule has 1 aliphatic heterocycles. The van der Waals surface area contributed by atoms with Gasteiger partial charge in [-0.05, 0) is 59.7 Å². The Morgan fingerprint density at radius 2 is 2.00 bits per heavy atom. The van der Waals surface area contributed by atoms with E-state index in [1.54, 1.807) is 34.4 Å². The van der Waals surface area contributed by atoms with E-state index in [1.165, 1.54) is 10.4 Å². The van der Waals surface area contributed by atoms with Crippen LogP contribution in [0.4, 0.5) is 0 Å². The first-order chi connectivity index (χ1) is 15.5. The van der Waals surface area contributed by atoms with Gasteiger partial charge in [0.25, 0.3) is 5.91 Å². The summed E-state index contributed by atoms with van der Waals surface area (Å²) >= 11 is 5.17. The Bertz CT molecular complexity index is 1160. The molecule has 0 N–H and O–H groups in total. The van der Waals surface area contributed by atoms with Crippen LogP contribution in [0.2, 0.25) is 0 Å². The summed E-state index contributed by atoms with van der Waals surface area (Å²) in [5.74, 6) is -0.236. The maximum atomic E-state index is 13.6. The molecule has 0 radical (unpaired) electrons. The van der Waals surface area contributed by atoms with E-state index in [4.69, 9.17) is 0 Å². The summed E-state index contributed by atoms with van der Waals surface area (Å²) in [6.45, 7) is 6.83. The van der Waals surface area contributed by atoms with Gasteiger partial charge in [0.1, 0.15) is 6.54 Å². The number of hydrogen-bond acceptors (Lipinski definition) is 3. The van der Waals surface area contributed by atoms with Crippen LogP contribution in [0.25, 0.3) is 0 Å². The van der Waals surface area contributed by atoms with Crippen molar-refractivity contribution in [1.82, 2.24) is 9.80 Å². The molecule has 4 rings (SSSR count). The van der Waals surface area contributed by atoms with Crippen molar-refractivity contribution in [1.29, 1.82) is 0 Å². The minimum Gasteiger partial charge on any atom is -0.330 e. The topological polar surface area (TPSA) is 40.6 Å². The van der Waals surface area contributed by atoms with E-state index < -0.39 is 0 Å². The van der Waals surface area contributed by atoms with Crippen molar-refractivity contribution in [2.75, 3.05) is 19.6 Å². The molecule has 6 heteroatoms. The molecular weight excluding hydrogens is 484 g/mol. The van der Waals surface area contributed by atoms with Crippen molar-refractivity contribution in [3.63, 3.8) is 0 Å². The number of amides is 2. The van der Waals surface area contributed by atoms with Gasteiger partial charge in [-0.25, -0.2) is 0 Å². The number of hydrogen-bond donors (Lipinski definition) is 0. The third-order valence-corrected chi connectivity index (χ3v) is 7.29. The molecular formula is C26H25BrN2O2S.